The van der Waals surface area contributed by atoms with Crippen molar-refractivity contribution in [2.45, 2.75) is 22.1 Å². The van der Waals surface area contributed by atoms with E-state index in [0.717, 1.165) is 26.7 Å². The van der Waals surface area contributed by atoms with Crippen molar-refractivity contribution in [1.29, 1.82) is 0 Å². The molecule has 1 aliphatic heterocycles. The number of hydrogen-bond donors (Lipinski definition) is 1. The molecule has 0 bridgehead atoms. The molecule has 0 aliphatic carbocycles. The molecule has 27 heavy (non-hydrogen) atoms. The SMILES string of the molecule is CSc1nc2ccc(NS(=O)(=O)c3ccc(N4CCCC4=O)cc3)cc2s1. The number of nitrogens with one attached hydrogen (secondary N) is 1. The van der Waals surface area contributed by atoms with Gasteiger partial charge in [0.1, 0.15) is 0 Å². The average molecular weight is 420 g/mol. The molecule has 0 unspecified atom stereocenters. The lowest BCUT2D eigenvalue weighted by Gasteiger charge is -2.16. The Labute approximate surface area is 165 Å². The number of anilines is 2. The Morgan fingerprint density at radius 3 is 2.63 bits per heavy atom. The number of rotatable bonds is 5. The molecule has 1 fully saturated rings. The first-order valence-electron chi connectivity index (χ1n) is 8.34. The van der Waals surface area contributed by atoms with Gasteiger partial charge in [-0.1, -0.05) is 11.8 Å². The van der Waals surface area contributed by atoms with E-state index < -0.39 is 10.0 Å². The van der Waals surface area contributed by atoms with Gasteiger partial charge in [-0.25, -0.2) is 13.4 Å². The summed E-state index contributed by atoms with van der Waals surface area (Å²) >= 11 is 3.09. The summed E-state index contributed by atoms with van der Waals surface area (Å²) in [6, 6.07) is 11.7. The normalized spacial score (nSPS) is 14.9. The van der Waals surface area contributed by atoms with Crippen LogP contribution in [-0.4, -0.2) is 32.1 Å². The number of aromatic nitrogens is 1. The highest BCUT2D eigenvalue weighted by Crippen LogP contribution is 2.31. The molecule has 0 saturated carbocycles. The smallest absolute Gasteiger partial charge is 0.261 e. The first-order valence-corrected chi connectivity index (χ1v) is 11.9. The predicted molar refractivity (Wildman–Crippen MR) is 110 cm³/mol. The Balaban J connectivity index is 1.57. The van der Waals surface area contributed by atoms with Gasteiger partial charge in [-0.05, 0) is 55.1 Å². The van der Waals surface area contributed by atoms with Crippen LogP contribution in [0.2, 0.25) is 0 Å². The minimum absolute atomic E-state index is 0.0752. The number of amides is 1. The van der Waals surface area contributed by atoms with Gasteiger partial charge in [0, 0.05) is 18.7 Å². The third kappa shape index (κ3) is 3.67. The van der Waals surface area contributed by atoms with E-state index in [4.69, 9.17) is 0 Å². The van der Waals surface area contributed by atoms with E-state index in [1.807, 2.05) is 12.3 Å². The van der Waals surface area contributed by atoms with Crippen LogP contribution in [0.25, 0.3) is 10.2 Å². The van der Waals surface area contributed by atoms with Crippen LogP contribution >= 0.6 is 23.1 Å². The number of nitrogens with zero attached hydrogens (tertiary/aromatic N) is 2. The third-order valence-electron chi connectivity index (χ3n) is 4.33. The van der Waals surface area contributed by atoms with Gasteiger partial charge in [-0.2, -0.15) is 0 Å². The summed E-state index contributed by atoms with van der Waals surface area (Å²) in [7, 11) is -3.71. The second-order valence-corrected chi connectivity index (χ2v) is 9.88. The maximum absolute atomic E-state index is 12.7. The molecule has 1 saturated heterocycles. The van der Waals surface area contributed by atoms with Crippen LogP contribution in [0.4, 0.5) is 11.4 Å². The zero-order chi connectivity index (χ0) is 19.0. The molecular weight excluding hydrogens is 402 g/mol. The maximum atomic E-state index is 12.7. The minimum atomic E-state index is -3.71. The van der Waals surface area contributed by atoms with Crippen molar-refractivity contribution in [2.24, 2.45) is 0 Å². The molecule has 1 amide bonds. The Morgan fingerprint density at radius 2 is 1.96 bits per heavy atom. The Kier molecular flexibility index (Phi) is 4.83. The van der Waals surface area contributed by atoms with Crippen molar-refractivity contribution in [3.05, 3.63) is 42.5 Å². The summed E-state index contributed by atoms with van der Waals surface area (Å²) in [5, 5.41) is 0. The van der Waals surface area contributed by atoms with E-state index in [9.17, 15) is 13.2 Å². The van der Waals surface area contributed by atoms with E-state index in [2.05, 4.69) is 9.71 Å². The van der Waals surface area contributed by atoms with Crippen molar-refractivity contribution < 1.29 is 13.2 Å². The zero-order valence-corrected chi connectivity index (χ0v) is 17.0. The first-order chi connectivity index (χ1) is 13.0. The van der Waals surface area contributed by atoms with Crippen molar-refractivity contribution in [1.82, 2.24) is 4.98 Å². The number of carbonyl (C=O) groups excluding carboxylic acids is 1. The van der Waals surface area contributed by atoms with E-state index in [-0.39, 0.29) is 10.8 Å². The van der Waals surface area contributed by atoms with Crippen LogP contribution in [0.15, 0.2) is 51.7 Å². The number of benzene rings is 2. The highest BCUT2D eigenvalue weighted by atomic mass is 32.2. The van der Waals surface area contributed by atoms with Gasteiger partial charge in [-0.3, -0.25) is 9.52 Å². The molecule has 1 aromatic heterocycles. The van der Waals surface area contributed by atoms with E-state index in [0.29, 0.717) is 18.7 Å². The molecule has 4 rings (SSSR count). The number of carbonyl (C=O) groups is 1. The first kappa shape index (κ1) is 18.3. The molecule has 6 nitrogen and oxygen atoms in total. The molecule has 3 aromatic rings. The molecule has 1 aliphatic rings. The Bertz CT molecular complexity index is 1110. The largest absolute Gasteiger partial charge is 0.312 e. The van der Waals surface area contributed by atoms with Crippen molar-refractivity contribution in [2.75, 3.05) is 22.4 Å². The third-order valence-corrected chi connectivity index (χ3v) is 7.73. The van der Waals surface area contributed by atoms with Crippen LogP contribution in [0.1, 0.15) is 12.8 Å². The standard InChI is InChI=1S/C18H17N3O3S3/c1-25-18-19-15-9-4-12(11-16(15)26-18)20-27(23,24)14-7-5-13(6-8-14)21-10-2-3-17(21)22/h4-9,11,20H,2-3,10H2,1H3. The number of sulfonamides is 1. The molecule has 0 atom stereocenters. The topological polar surface area (TPSA) is 79.4 Å². The number of fused-ring (bicyclic) bond motifs is 1. The van der Waals surface area contributed by atoms with Gasteiger partial charge in [0.05, 0.1) is 20.8 Å². The molecule has 2 heterocycles. The lowest BCUT2D eigenvalue weighted by atomic mass is 10.3. The highest BCUT2D eigenvalue weighted by molar-refractivity contribution is 8.00. The number of thioether (sulfide) groups is 1. The number of thiazole rings is 1. The van der Waals surface area contributed by atoms with Gasteiger partial charge in [0.2, 0.25) is 5.91 Å². The molecule has 2 aromatic carbocycles. The fourth-order valence-corrected chi connectivity index (χ4v) is 5.57. The Morgan fingerprint density at radius 1 is 1.19 bits per heavy atom. The maximum Gasteiger partial charge on any atom is 0.261 e. The summed E-state index contributed by atoms with van der Waals surface area (Å²) in [6.45, 7) is 0.677. The van der Waals surface area contributed by atoms with E-state index in [1.54, 1.807) is 40.9 Å². The summed E-state index contributed by atoms with van der Waals surface area (Å²) in [4.78, 5) is 18.1. The van der Waals surface area contributed by atoms with Crippen LogP contribution < -0.4 is 9.62 Å². The zero-order valence-electron chi connectivity index (χ0n) is 14.5. The lowest BCUT2D eigenvalue weighted by Crippen LogP contribution is -2.23. The Hall–Kier alpha value is -2.10. The molecule has 140 valence electrons. The van der Waals surface area contributed by atoms with Gasteiger partial charge in [-0.15, -0.1) is 11.3 Å². The van der Waals surface area contributed by atoms with Crippen molar-refractivity contribution >= 4 is 60.6 Å². The van der Waals surface area contributed by atoms with Crippen LogP contribution in [0, 0.1) is 0 Å². The van der Waals surface area contributed by atoms with E-state index in [1.165, 1.54) is 23.5 Å². The lowest BCUT2D eigenvalue weighted by molar-refractivity contribution is -0.117. The monoisotopic (exact) mass is 419 g/mol. The van der Waals surface area contributed by atoms with Crippen LogP contribution in [0.3, 0.4) is 0 Å². The quantitative estimate of drug-likeness (QED) is 0.634. The second-order valence-electron chi connectivity index (χ2n) is 6.11. The predicted octanol–water partition coefficient (Wildman–Crippen LogP) is 3.95. The van der Waals surface area contributed by atoms with Crippen LogP contribution in [0.5, 0.6) is 0 Å². The average Bonchev–Trinajstić information content (AvgIpc) is 3.26. The number of hydrogen-bond acceptors (Lipinski definition) is 6. The van der Waals surface area contributed by atoms with Gasteiger partial charge >= 0.3 is 0 Å². The highest BCUT2D eigenvalue weighted by Gasteiger charge is 2.22. The summed E-state index contributed by atoms with van der Waals surface area (Å²) in [5.41, 5.74) is 2.08. The molecule has 0 spiro atoms. The van der Waals surface area contributed by atoms with E-state index >= 15 is 0 Å². The fourth-order valence-electron chi connectivity index (χ4n) is 2.99. The molecular formula is C18H17N3O3S3. The second kappa shape index (κ2) is 7.14. The summed E-state index contributed by atoms with van der Waals surface area (Å²) in [6.07, 6.45) is 3.33. The fraction of sp³-hybridized carbons (Fsp3) is 0.222. The molecule has 1 N–H and O–H groups in total. The van der Waals surface area contributed by atoms with Gasteiger partial charge < -0.3 is 4.90 Å². The summed E-state index contributed by atoms with van der Waals surface area (Å²) < 4.78 is 29.9. The van der Waals surface area contributed by atoms with Crippen molar-refractivity contribution in [3.8, 4) is 0 Å². The van der Waals surface area contributed by atoms with Crippen molar-refractivity contribution in [3.63, 3.8) is 0 Å². The minimum Gasteiger partial charge on any atom is -0.312 e. The molecule has 0 radical (unpaired) electrons. The van der Waals surface area contributed by atoms with Crippen LogP contribution in [-0.2, 0) is 14.8 Å². The van der Waals surface area contributed by atoms with Gasteiger partial charge in [0.15, 0.2) is 4.34 Å². The van der Waals surface area contributed by atoms with Gasteiger partial charge in [0.25, 0.3) is 10.0 Å². The molecule has 9 heteroatoms. The summed E-state index contributed by atoms with van der Waals surface area (Å²) in [5.74, 6) is 0.0752.